The molecule has 1 unspecified atom stereocenters. The molecule has 21 heavy (non-hydrogen) atoms. The van der Waals surface area contributed by atoms with Crippen molar-refractivity contribution in [2.75, 3.05) is 18.4 Å². The molecule has 2 heterocycles. The molecule has 0 bridgehead atoms. The quantitative estimate of drug-likeness (QED) is 0.729. The second kappa shape index (κ2) is 5.78. The Bertz CT molecular complexity index is 674. The predicted octanol–water partition coefficient (Wildman–Crippen LogP) is -0.451. The van der Waals surface area contributed by atoms with Gasteiger partial charge in [-0.1, -0.05) is 0 Å². The first kappa shape index (κ1) is 15.4. The molecule has 1 aliphatic rings. The van der Waals surface area contributed by atoms with Crippen LogP contribution in [0, 0.1) is 0 Å². The van der Waals surface area contributed by atoms with Crippen molar-refractivity contribution in [3.63, 3.8) is 0 Å². The van der Waals surface area contributed by atoms with Gasteiger partial charge in [-0.2, -0.15) is 4.31 Å². The number of aromatic nitrogens is 1. The molecule has 0 radical (unpaired) electrons. The van der Waals surface area contributed by atoms with E-state index in [1.807, 2.05) is 6.92 Å². The topological polar surface area (TPSA) is 108 Å². The van der Waals surface area contributed by atoms with Gasteiger partial charge in [-0.15, -0.1) is 0 Å². The minimum absolute atomic E-state index is 0.0113. The Balaban J connectivity index is 2.39. The molecule has 0 aliphatic carbocycles. The maximum absolute atomic E-state index is 12.6. The molecule has 114 valence electrons. The van der Waals surface area contributed by atoms with Crippen molar-refractivity contribution in [3.05, 3.63) is 18.3 Å². The zero-order chi connectivity index (χ0) is 15.6. The highest BCUT2D eigenvalue weighted by atomic mass is 32.2. The molecule has 1 aliphatic heterocycles. The van der Waals surface area contributed by atoms with E-state index in [2.05, 4.69) is 15.6 Å². The van der Waals surface area contributed by atoms with E-state index in [0.29, 0.717) is 12.4 Å². The minimum Gasteiger partial charge on any atom is -0.370 e. The summed E-state index contributed by atoms with van der Waals surface area (Å²) in [4.78, 5) is 27.0. The van der Waals surface area contributed by atoms with Crippen LogP contribution in [0.3, 0.4) is 0 Å². The van der Waals surface area contributed by atoms with Crippen LogP contribution in [0.25, 0.3) is 0 Å². The van der Waals surface area contributed by atoms with E-state index in [0.717, 1.165) is 4.31 Å². The second-order valence-electron chi connectivity index (χ2n) is 4.55. The molecular weight excluding hydrogens is 296 g/mol. The summed E-state index contributed by atoms with van der Waals surface area (Å²) >= 11 is 0. The fourth-order valence-corrected chi connectivity index (χ4v) is 3.53. The highest BCUT2D eigenvalue weighted by Gasteiger charge is 2.39. The van der Waals surface area contributed by atoms with Gasteiger partial charge in [-0.05, 0) is 19.9 Å². The zero-order valence-corrected chi connectivity index (χ0v) is 12.5. The molecule has 1 aromatic heterocycles. The summed E-state index contributed by atoms with van der Waals surface area (Å²) in [6, 6.07) is 1.77. The van der Waals surface area contributed by atoms with Gasteiger partial charge >= 0.3 is 0 Å². The van der Waals surface area contributed by atoms with Crippen LogP contribution in [0.2, 0.25) is 0 Å². The largest absolute Gasteiger partial charge is 0.370 e. The number of carbonyl (C=O) groups is 2. The third-order valence-corrected chi connectivity index (χ3v) is 4.98. The van der Waals surface area contributed by atoms with Crippen LogP contribution in [0.5, 0.6) is 0 Å². The number of hydrogen-bond donors (Lipinski definition) is 2. The van der Waals surface area contributed by atoms with E-state index in [1.165, 1.54) is 25.3 Å². The van der Waals surface area contributed by atoms with Crippen LogP contribution >= 0.6 is 0 Å². The van der Waals surface area contributed by atoms with Gasteiger partial charge in [-0.3, -0.25) is 14.9 Å². The monoisotopic (exact) mass is 312 g/mol. The van der Waals surface area contributed by atoms with E-state index < -0.39 is 27.9 Å². The van der Waals surface area contributed by atoms with Crippen molar-refractivity contribution in [3.8, 4) is 0 Å². The van der Waals surface area contributed by atoms with Gasteiger partial charge in [-0.25, -0.2) is 13.4 Å². The smallest absolute Gasteiger partial charge is 0.244 e. The first-order chi connectivity index (χ1) is 9.86. The van der Waals surface area contributed by atoms with Crippen molar-refractivity contribution in [2.24, 2.45) is 0 Å². The third-order valence-electron chi connectivity index (χ3n) is 3.07. The lowest BCUT2D eigenvalue weighted by molar-refractivity contribution is -0.136. The maximum atomic E-state index is 12.6. The van der Waals surface area contributed by atoms with Gasteiger partial charge in [0.2, 0.25) is 21.8 Å². The first-order valence-corrected chi connectivity index (χ1v) is 7.85. The lowest BCUT2D eigenvalue weighted by Crippen LogP contribution is -2.58. The molecule has 1 saturated heterocycles. The molecule has 8 nitrogen and oxygen atoms in total. The first-order valence-electron chi connectivity index (χ1n) is 6.41. The van der Waals surface area contributed by atoms with Crippen LogP contribution < -0.4 is 10.6 Å². The molecule has 1 fully saturated rings. The predicted molar refractivity (Wildman–Crippen MR) is 74.9 cm³/mol. The summed E-state index contributed by atoms with van der Waals surface area (Å²) in [6.07, 6.45) is 1.36. The van der Waals surface area contributed by atoms with Gasteiger partial charge in [0.1, 0.15) is 11.9 Å². The lowest BCUT2D eigenvalue weighted by Gasteiger charge is -2.30. The number of hydrogen-bond acceptors (Lipinski definition) is 6. The fraction of sp³-hybridized carbons (Fsp3) is 0.417. The third kappa shape index (κ3) is 3.03. The number of carbonyl (C=O) groups excluding carboxylic acids is 2. The van der Waals surface area contributed by atoms with Crippen LogP contribution in [0.1, 0.15) is 13.8 Å². The van der Waals surface area contributed by atoms with Crippen LogP contribution in [-0.2, 0) is 19.6 Å². The highest BCUT2D eigenvalue weighted by molar-refractivity contribution is 7.89. The number of amides is 2. The molecule has 9 heteroatoms. The number of pyridine rings is 1. The van der Waals surface area contributed by atoms with E-state index in [1.54, 1.807) is 0 Å². The SMILES string of the molecule is CCNc1cc(S(=O)(=O)N2CC(=O)NC(=O)C2C)ccn1. The zero-order valence-electron chi connectivity index (χ0n) is 11.7. The average Bonchev–Trinajstić information content (AvgIpc) is 2.43. The average molecular weight is 312 g/mol. The normalized spacial score (nSPS) is 20.2. The summed E-state index contributed by atoms with van der Waals surface area (Å²) in [5, 5.41) is 5.02. The Morgan fingerprint density at radius 2 is 2.19 bits per heavy atom. The van der Waals surface area contributed by atoms with Crippen molar-refractivity contribution < 1.29 is 18.0 Å². The Morgan fingerprint density at radius 1 is 1.48 bits per heavy atom. The number of sulfonamides is 1. The van der Waals surface area contributed by atoms with Crippen molar-refractivity contribution >= 4 is 27.7 Å². The molecular formula is C12H16N4O4S. The van der Waals surface area contributed by atoms with Crippen LogP contribution in [0.15, 0.2) is 23.2 Å². The summed E-state index contributed by atoms with van der Waals surface area (Å²) in [7, 11) is -3.95. The Labute approximate surface area is 122 Å². The molecule has 2 amide bonds. The fourth-order valence-electron chi connectivity index (χ4n) is 1.97. The van der Waals surface area contributed by atoms with Crippen LogP contribution in [-0.4, -0.2) is 48.7 Å². The molecule has 2 N–H and O–H groups in total. The van der Waals surface area contributed by atoms with Crippen molar-refractivity contribution in [2.45, 2.75) is 24.8 Å². The van der Waals surface area contributed by atoms with Gasteiger partial charge in [0.05, 0.1) is 11.4 Å². The second-order valence-corrected chi connectivity index (χ2v) is 6.44. The number of imide groups is 1. The Kier molecular flexibility index (Phi) is 4.24. The van der Waals surface area contributed by atoms with Gasteiger partial charge in [0, 0.05) is 18.8 Å². The summed E-state index contributed by atoms with van der Waals surface area (Å²) in [5.74, 6) is -0.850. The van der Waals surface area contributed by atoms with Gasteiger partial charge < -0.3 is 5.32 Å². The van der Waals surface area contributed by atoms with Gasteiger partial charge in [0.25, 0.3) is 0 Å². The molecule has 0 aromatic carbocycles. The Hall–Kier alpha value is -2.00. The minimum atomic E-state index is -3.95. The van der Waals surface area contributed by atoms with Crippen molar-refractivity contribution in [1.82, 2.24) is 14.6 Å². The number of anilines is 1. The van der Waals surface area contributed by atoms with Crippen molar-refractivity contribution in [1.29, 1.82) is 0 Å². The standard InChI is InChI=1S/C12H16N4O4S/c1-3-13-10-6-9(4-5-14-10)21(19,20)16-7-11(17)15-12(18)8(16)2/h4-6,8H,3,7H2,1-2H3,(H,13,14)(H,15,17,18). The highest BCUT2D eigenvalue weighted by Crippen LogP contribution is 2.21. The summed E-state index contributed by atoms with van der Waals surface area (Å²) < 4.78 is 26.1. The molecule has 0 saturated carbocycles. The summed E-state index contributed by atoms with van der Waals surface area (Å²) in [6.45, 7) is 3.51. The van der Waals surface area contributed by atoms with E-state index in [-0.39, 0.29) is 11.4 Å². The summed E-state index contributed by atoms with van der Waals surface area (Å²) in [5.41, 5.74) is 0. The number of rotatable bonds is 4. The van der Waals surface area contributed by atoms with Crippen LogP contribution in [0.4, 0.5) is 5.82 Å². The molecule has 1 aromatic rings. The maximum Gasteiger partial charge on any atom is 0.244 e. The van der Waals surface area contributed by atoms with Gasteiger partial charge in [0.15, 0.2) is 0 Å². The Morgan fingerprint density at radius 3 is 2.86 bits per heavy atom. The van der Waals surface area contributed by atoms with E-state index in [4.69, 9.17) is 0 Å². The van der Waals surface area contributed by atoms with E-state index >= 15 is 0 Å². The molecule has 0 spiro atoms. The lowest BCUT2D eigenvalue weighted by atomic mass is 10.2. The number of nitrogens with zero attached hydrogens (tertiary/aromatic N) is 2. The number of nitrogens with one attached hydrogen (secondary N) is 2. The molecule has 1 atom stereocenters. The molecule has 2 rings (SSSR count). The van der Waals surface area contributed by atoms with E-state index in [9.17, 15) is 18.0 Å². The number of piperazine rings is 1.